The topological polar surface area (TPSA) is 101 Å². The fourth-order valence-electron chi connectivity index (χ4n) is 3.63. The van der Waals surface area contributed by atoms with E-state index >= 15 is 0 Å². The van der Waals surface area contributed by atoms with E-state index in [2.05, 4.69) is 5.32 Å². The minimum atomic E-state index is -3.65. The number of carbonyl (C=O) groups is 1. The molecule has 168 valence electrons. The first-order valence-corrected chi connectivity index (χ1v) is 13.5. The van der Waals surface area contributed by atoms with E-state index in [1.807, 2.05) is 0 Å². The first kappa shape index (κ1) is 23.4. The Bertz CT molecular complexity index is 1170. The SMILES string of the molecule is Cc1ccc(C(=O)N[C@H](C)c2ccc(S(C)(=O)=O)cc2)cc1S(=O)(=O)N1CCCCC1. The maximum absolute atomic E-state index is 13.1. The molecule has 0 radical (unpaired) electrons. The molecule has 3 rings (SSSR count). The Morgan fingerprint density at radius 1 is 0.968 bits per heavy atom. The molecule has 1 aliphatic rings. The monoisotopic (exact) mass is 464 g/mol. The number of carbonyl (C=O) groups excluding carboxylic acids is 1. The zero-order chi connectivity index (χ0) is 22.8. The van der Waals surface area contributed by atoms with Crippen LogP contribution in [0, 0.1) is 6.92 Å². The van der Waals surface area contributed by atoms with Crippen LogP contribution < -0.4 is 5.32 Å². The number of sulfone groups is 1. The van der Waals surface area contributed by atoms with Crippen LogP contribution in [0.15, 0.2) is 52.3 Å². The van der Waals surface area contributed by atoms with Crippen LogP contribution in [-0.2, 0) is 19.9 Å². The van der Waals surface area contributed by atoms with E-state index in [0.717, 1.165) is 31.1 Å². The van der Waals surface area contributed by atoms with Crippen molar-refractivity contribution in [1.82, 2.24) is 9.62 Å². The molecule has 1 saturated heterocycles. The molecule has 0 spiro atoms. The Labute approximate surface area is 184 Å². The third-order valence-electron chi connectivity index (χ3n) is 5.54. The molecule has 1 atom stereocenters. The molecule has 31 heavy (non-hydrogen) atoms. The highest BCUT2D eigenvalue weighted by Gasteiger charge is 2.28. The summed E-state index contributed by atoms with van der Waals surface area (Å²) in [6.07, 6.45) is 3.85. The van der Waals surface area contributed by atoms with Gasteiger partial charge in [0.15, 0.2) is 9.84 Å². The molecule has 1 amide bonds. The molecule has 1 aliphatic heterocycles. The Morgan fingerprint density at radius 3 is 2.16 bits per heavy atom. The van der Waals surface area contributed by atoms with Gasteiger partial charge in [0.1, 0.15) is 0 Å². The summed E-state index contributed by atoms with van der Waals surface area (Å²) in [6.45, 7) is 4.51. The number of hydrogen-bond acceptors (Lipinski definition) is 5. The predicted octanol–water partition coefficient (Wildman–Crippen LogP) is 3.06. The van der Waals surface area contributed by atoms with Gasteiger partial charge in [-0.25, -0.2) is 16.8 Å². The van der Waals surface area contributed by atoms with E-state index in [9.17, 15) is 21.6 Å². The molecule has 2 aromatic carbocycles. The highest BCUT2D eigenvalue weighted by molar-refractivity contribution is 7.90. The lowest BCUT2D eigenvalue weighted by Crippen LogP contribution is -2.36. The van der Waals surface area contributed by atoms with Crippen molar-refractivity contribution < 1.29 is 21.6 Å². The average Bonchev–Trinajstić information content (AvgIpc) is 2.74. The number of aryl methyl sites for hydroxylation is 1. The Morgan fingerprint density at radius 2 is 1.58 bits per heavy atom. The van der Waals surface area contributed by atoms with Crippen LogP contribution in [0.5, 0.6) is 0 Å². The van der Waals surface area contributed by atoms with Gasteiger partial charge in [0.05, 0.1) is 15.8 Å². The van der Waals surface area contributed by atoms with Crippen molar-refractivity contribution in [2.24, 2.45) is 0 Å². The van der Waals surface area contributed by atoms with Gasteiger partial charge < -0.3 is 5.32 Å². The molecule has 0 aliphatic carbocycles. The minimum absolute atomic E-state index is 0.159. The van der Waals surface area contributed by atoms with Crippen molar-refractivity contribution in [3.8, 4) is 0 Å². The second-order valence-corrected chi connectivity index (χ2v) is 11.9. The normalized spacial score (nSPS) is 16.6. The van der Waals surface area contributed by atoms with E-state index in [0.29, 0.717) is 18.7 Å². The van der Waals surface area contributed by atoms with Gasteiger partial charge in [-0.15, -0.1) is 0 Å². The number of piperidine rings is 1. The van der Waals surface area contributed by atoms with E-state index in [4.69, 9.17) is 0 Å². The summed E-state index contributed by atoms with van der Waals surface area (Å²) in [5.41, 5.74) is 1.61. The third-order valence-corrected chi connectivity index (χ3v) is 8.71. The quantitative estimate of drug-likeness (QED) is 0.708. The number of sulfonamides is 1. The van der Waals surface area contributed by atoms with Gasteiger partial charge in [-0.05, 0) is 62.1 Å². The first-order valence-electron chi connectivity index (χ1n) is 10.2. The summed E-state index contributed by atoms with van der Waals surface area (Å²) in [5, 5.41) is 2.85. The minimum Gasteiger partial charge on any atom is -0.346 e. The second kappa shape index (κ2) is 9.10. The lowest BCUT2D eigenvalue weighted by atomic mass is 10.1. The molecule has 1 fully saturated rings. The molecular formula is C22H28N2O5S2. The van der Waals surface area contributed by atoms with E-state index < -0.39 is 25.8 Å². The molecule has 0 unspecified atom stereocenters. The first-order chi connectivity index (χ1) is 14.5. The molecule has 1 N–H and O–H groups in total. The number of hydrogen-bond donors (Lipinski definition) is 1. The van der Waals surface area contributed by atoms with E-state index in [1.165, 1.54) is 22.5 Å². The van der Waals surface area contributed by atoms with Crippen molar-refractivity contribution in [1.29, 1.82) is 0 Å². The molecule has 2 aromatic rings. The van der Waals surface area contributed by atoms with Crippen LogP contribution in [0.4, 0.5) is 0 Å². The van der Waals surface area contributed by atoms with Crippen molar-refractivity contribution >= 4 is 25.8 Å². The summed E-state index contributed by atoms with van der Waals surface area (Å²) < 4.78 is 50.9. The highest BCUT2D eigenvalue weighted by atomic mass is 32.2. The summed E-state index contributed by atoms with van der Waals surface area (Å²) in [5.74, 6) is -0.394. The van der Waals surface area contributed by atoms with Crippen molar-refractivity contribution in [2.75, 3.05) is 19.3 Å². The van der Waals surface area contributed by atoms with Crippen LogP contribution in [0.1, 0.15) is 53.7 Å². The van der Waals surface area contributed by atoms with Gasteiger partial charge >= 0.3 is 0 Å². The fraction of sp³-hybridized carbons (Fsp3) is 0.409. The zero-order valence-electron chi connectivity index (χ0n) is 18.0. The summed E-state index contributed by atoms with van der Waals surface area (Å²) in [7, 11) is -6.94. The number of nitrogens with one attached hydrogen (secondary N) is 1. The molecule has 0 aromatic heterocycles. The van der Waals surface area contributed by atoms with Crippen LogP contribution in [0.2, 0.25) is 0 Å². The number of benzene rings is 2. The lowest BCUT2D eigenvalue weighted by Gasteiger charge is -2.26. The number of rotatable bonds is 6. The van der Waals surface area contributed by atoms with Crippen LogP contribution in [0.3, 0.4) is 0 Å². The summed E-state index contributed by atoms with van der Waals surface area (Å²) >= 11 is 0. The van der Waals surface area contributed by atoms with Gasteiger partial charge in [-0.3, -0.25) is 4.79 Å². The van der Waals surface area contributed by atoms with Crippen molar-refractivity contribution in [2.45, 2.75) is 48.9 Å². The molecule has 9 heteroatoms. The van der Waals surface area contributed by atoms with Gasteiger partial charge in [0, 0.05) is 24.9 Å². The molecule has 0 saturated carbocycles. The van der Waals surface area contributed by atoms with Crippen LogP contribution in [-0.4, -0.2) is 46.4 Å². The highest BCUT2D eigenvalue weighted by Crippen LogP contribution is 2.25. The van der Waals surface area contributed by atoms with Gasteiger partial charge in [-0.2, -0.15) is 4.31 Å². The number of nitrogens with zero attached hydrogens (tertiary/aromatic N) is 1. The zero-order valence-corrected chi connectivity index (χ0v) is 19.6. The van der Waals surface area contributed by atoms with E-state index in [-0.39, 0.29) is 21.4 Å². The Hall–Kier alpha value is -2.23. The van der Waals surface area contributed by atoms with Crippen LogP contribution >= 0.6 is 0 Å². The van der Waals surface area contributed by atoms with Gasteiger partial charge in [0.25, 0.3) is 5.91 Å². The van der Waals surface area contributed by atoms with Crippen LogP contribution in [0.25, 0.3) is 0 Å². The number of amides is 1. The standard InChI is InChI=1S/C22H28N2O5S2/c1-16-7-8-19(15-21(16)31(28,29)24-13-5-4-6-14-24)22(25)23-17(2)18-9-11-20(12-10-18)30(3,26)27/h7-12,15,17H,4-6,13-14H2,1-3H3,(H,23,25)/t17-/m1/s1. The molecular weight excluding hydrogens is 436 g/mol. The summed E-state index contributed by atoms with van der Waals surface area (Å²) in [4.78, 5) is 13.2. The lowest BCUT2D eigenvalue weighted by molar-refractivity contribution is 0.0939. The molecule has 0 bridgehead atoms. The van der Waals surface area contributed by atoms with Gasteiger partial charge in [0.2, 0.25) is 10.0 Å². The molecule has 7 nitrogen and oxygen atoms in total. The van der Waals surface area contributed by atoms with Crippen molar-refractivity contribution in [3.05, 3.63) is 59.2 Å². The Kier molecular flexibility index (Phi) is 6.88. The van der Waals surface area contributed by atoms with E-state index in [1.54, 1.807) is 38.1 Å². The maximum Gasteiger partial charge on any atom is 0.251 e. The fourth-order valence-corrected chi connectivity index (χ4v) is 6.03. The van der Waals surface area contributed by atoms with Crippen molar-refractivity contribution in [3.63, 3.8) is 0 Å². The largest absolute Gasteiger partial charge is 0.346 e. The smallest absolute Gasteiger partial charge is 0.251 e. The van der Waals surface area contributed by atoms with Gasteiger partial charge in [-0.1, -0.05) is 24.6 Å². The maximum atomic E-state index is 13.1. The predicted molar refractivity (Wildman–Crippen MR) is 119 cm³/mol. The molecule has 1 heterocycles. The second-order valence-electron chi connectivity index (χ2n) is 7.98. The third kappa shape index (κ3) is 5.34. The Balaban J connectivity index is 1.80. The average molecular weight is 465 g/mol. The summed E-state index contributed by atoms with van der Waals surface area (Å²) in [6, 6.07) is 10.6.